The van der Waals surface area contributed by atoms with Crippen LogP contribution in [0.4, 0.5) is 11.5 Å². The first-order chi connectivity index (χ1) is 16.7. The van der Waals surface area contributed by atoms with Crippen molar-refractivity contribution in [1.82, 2.24) is 9.97 Å². The number of aromatic nitrogens is 2. The molecule has 10 nitrogen and oxygen atoms in total. The summed E-state index contributed by atoms with van der Waals surface area (Å²) in [5.41, 5.74) is 2.87. The van der Waals surface area contributed by atoms with E-state index in [4.69, 9.17) is 17.5 Å². The van der Waals surface area contributed by atoms with Gasteiger partial charge in [0, 0.05) is 30.8 Å². The van der Waals surface area contributed by atoms with Crippen molar-refractivity contribution in [3.8, 4) is 6.07 Å². The van der Waals surface area contributed by atoms with Crippen LogP contribution in [0.1, 0.15) is 47.2 Å². The van der Waals surface area contributed by atoms with Crippen LogP contribution in [0.2, 0.25) is 0 Å². The zero-order valence-corrected chi connectivity index (χ0v) is 19.6. The predicted octanol–water partition coefficient (Wildman–Crippen LogP) is 4.02. The molecule has 4 rings (SSSR count). The Morgan fingerprint density at radius 2 is 1.66 bits per heavy atom. The number of carbonyl (C=O) groups is 1. The van der Waals surface area contributed by atoms with Crippen LogP contribution in [0.5, 0.6) is 0 Å². The second-order valence-electron chi connectivity index (χ2n) is 7.99. The van der Waals surface area contributed by atoms with Crippen molar-refractivity contribution >= 4 is 27.8 Å². The molecular formula is C24H25N5O5S. The van der Waals surface area contributed by atoms with Gasteiger partial charge in [0.2, 0.25) is 0 Å². The van der Waals surface area contributed by atoms with Gasteiger partial charge in [0.05, 0.1) is 17.0 Å². The van der Waals surface area contributed by atoms with E-state index in [1.54, 1.807) is 30.7 Å². The molecule has 0 radical (unpaired) electrons. The average Bonchev–Trinajstić information content (AvgIpc) is 3.33. The van der Waals surface area contributed by atoms with Crippen molar-refractivity contribution < 1.29 is 22.3 Å². The monoisotopic (exact) mass is 495 g/mol. The maximum Gasteiger partial charge on any atom is 0.394 e. The highest BCUT2D eigenvalue weighted by Crippen LogP contribution is 2.40. The van der Waals surface area contributed by atoms with Gasteiger partial charge in [0.1, 0.15) is 5.82 Å². The molecule has 1 saturated carbocycles. The van der Waals surface area contributed by atoms with Crippen molar-refractivity contribution in [2.24, 2.45) is 0 Å². The smallest absolute Gasteiger partial charge is 0.365 e. The van der Waals surface area contributed by atoms with Gasteiger partial charge in [-0.2, -0.15) is 13.7 Å². The van der Waals surface area contributed by atoms with Gasteiger partial charge in [0.15, 0.2) is 0 Å². The minimum atomic E-state index is -4.67. The van der Waals surface area contributed by atoms with Gasteiger partial charge >= 0.3 is 10.4 Å². The third-order valence-corrected chi connectivity index (χ3v) is 5.63. The molecule has 1 aromatic carbocycles. The Bertz CT molecular complexity index is 1280. The van der Waals surface area contributed by atoms with Gasteiger partial charge in [-0.05, 0) is 60.4 Å². The number of amides is 1. The van der Waals surface area contributed by atoms with E-state index in [-0.39, 0.29) is 11.3 Å². The van der Waals surface area contributed by atoms with Crippen LogP contribution in [0.3, 0.4) is 0 Å². The maximum absolute atomic E-state index is 12.9. The molecule has 0 spiro atoms. The van der Waals surface area contributed by atoms with Gasteiger partial charge in [-0.25, -0.2) is 4.98 Å². The first kappa shape index (κ1) is 25.8. The second kappa shape index (κ2) is 11.5. The number of carbonyl (C=O) groups excluding carboxylic acids is 1. The van der Waals surface area contributed by atoms with E-state index in [0.29, 0.717) is 23.6 Å². The molecule has 0 unspecified atom stereocenters. The molecule has 0 bridgehead atoms. The van der Waals surface area contributed by atoms with E-state index >= 15 is 0 Å². The molecule has 0 saturated heterocycles. The fourth-order valence-electron chi connectivity index (χ4n) is 3.93. The Morgan fingerprint density at radius 3 is 2.26 bits per heavy atom. The summed E-state index contributed by atoms with van der Waals surface area (Å²) < 4.78 is 31.6. The zero-order chi connectivity index (χ0) is 25.3. The molecule has 0 atom stereocenters. The molecule has 3 aromatic rings. The lowest BCUT2D eigenvalue weighted by atomic mass is 9.80. The minimum absolute atomic E-state index is 0.232. The molecule has 11 heteroatoms. The first-order valence-corrected chi connectivity index (χ1v) is 12.2. The Labute approximate surface area is 203 Å². The number of hydrogen-bond donors (Lipinski definition) is 4. The summed E-state index contributed by atoms with van der Waals surface area (Å²) in [6, 6.07) is 17.5. The third-order valence-electron chi connectivity index (χ3n) is 5.63. The molecule has 35 heavy (non-hydrogen) atoms. The standard InChI is InChI=1S/C24H23N5O.H2O4S/c25-17-24(11-1-2-12-24)19-5-7-20(8-6-19)29-23(30)21-4-3-13-27-22(21)28-16-18-9-14-26-15-10-18;1-5(2,3)4/h3-10,13-15H,1-2,11-12,16H2,(H,27,28)(H,29,30);(H2,1,2,3,4). The highest BCUT2D eigenvalue weighted by Gasteiger charge is 2.35. The highest BCUT2D eigenvalue weighted by atomic mass is 32.3. The average molecular weight is 496 g/mol. The summed E-state index contributed by atoms with van der Waals surface area (Å²) in [7, 11) is -4.67. The molecule has 1 fully saturated rings. The van der Waals surface area contributed by atoms with Gasteiger partial charge in [-0.15, -0.1) is 0 Å². The SMILES string of the molecule is N#CC1(c2ccc(NC(=O)c3cccnc3NCc3ccncc3)cc2)CCCC1.O=S(=O)(O)O. The molecule has 182 valence electrons. The fourth-order valence-corrected chi connectivity index (χ4v) is 3.93. The van der Waals surface area contributed by atoms with E-state index < -0.39 is 10.4 Å². The summed E-state index contributed by atoms with van der Waals surface area (Å²) in [4.78, 5) is 21.2. The Morgan fingerprint density at radius 1 is 1.03 bits per heavy atom. The van der Waals surface area contributed by atoms with Crippen molar-refractivity contribution in [1.29, 1.82) is 5.26 Å². The third kappa shape index (κ3) is 7.58. The number of nitrogens with one attached hydrogen (secondary N) is 2. The van der Waals surface area contributed by atoms with Crippen LogP contribution in [-0.4, -0.2) is 33.4 Å². The largest absolute Gasteiger partial charge is 0.394 e. The zero-order valence-electron chi connectivity index (χ0n) is 18.8. The summed E-state index contributed by atoms with van der Waals surface area (Å²) in [5, 5.41) is 15.8. The van der Waals surface area contributed by atoms with Crippen LogP contribution in [0.25, 0.3) is 0 Å². The number of anilines is 2. The van der Waals surface area contributed by atoms with E-state index in [2.05, 4.69) is 26.7 Å². The Hall–Kier alpha value is -3.85. The van der Waals surface area contributed by atoms with Crippen molar-refractivity contribution in [2.45, 2.75) is 37.6 Å². The molecule has 4 N–H and O–H groups in total. The normalized spacial score (nSPS) is 14.2. The second-order valence-corrected chi connectivity index (χ2v) is 8.88. The van der Waals surface area contributed by atoms with E-state index in [1.165, 1.54) is 0 Å². The lowest BCUT2D eigenvalue weighted by Gasteiger charge is -2.21. The number of nitrogens with zero attached hydrogens (tertiary/aromatic N) is 3. The van der Waals surface area contributed by atoms with Gasteiger partial charge in [0.25, 0.3) is 5.91 Å². The van der Waals surface area contributed by atoms with Crippen LogP contribution >= 0.6 is 0 Å². The van der Waals surface area contributed by atoms with Crippen LogP contribution in [-0.2, 0) is 22.4 Å². The number of hydrogen-bond acceptors (Lipinski definition) is 7. The summed E-state index contributed by atoms with van der Waals surface area (Å²) in [6.45, 7) is 0.546. The Balaban J connectivity index is 0.000000623. The maximum atomic E-state index is 12.9. The Kier molecular flexibility index (Phi) is 8.48. The predicted molar refractivity (Wildman–Crippen MR) is 130 cm³/mol. The van der Waals surface area contributed by atoms with Gasteiger partial charge in [-0.3, -0.25) is 18.9 Å². The van der Waals surface area contributed by atoms with Crippen LogP contribution < -0.4 is 10.6 Å². The lowest BCUT2D eigenvalue weighted by Crippen LogP contribution is -2.19. The van der Waals surface area contributed by atoms with Gasteiger partial charge in [-0.1, -0.05) is 25.0 Å². The number of nitriles is 1. The van der Waals surface area contributed by atoms with E-state index in [0.717, 1.165) is 36.8 Å². The molecule has 1 aliphatic rings. The summed E-state index contributed by atoms with van der Waals surface area (Å²) in [6.07, 6.45) is 9.09. The molecule has 1 aliphatic carbocycles. The van der Waals surface area contributed by atoms with Crippen molar-refractivity contribution in [3.63, 3.8) is 0 Å². The fraction of sp³-hybridized carbons (Fsp3) is 0.250. The highest BCUT2D eigenvalue weighted by molar-refractivity contribution is 7.79. The summed E-state index contributed by atoms with van der Waals surface area (Å²) in [5.74, 6) is 0.293. The van der Waals surface area contributed by atoms with E-state index in [9.17, 15) is 10.1 Å². The quantitative estimate of drug-likeness (QED) is 0.369. The van der Waals surface area contributed by atoms with Crippen molar-refractivity contribution in [3.05, 3.63) is 83.8 Å². The van der Waals surface area contributed by atoms with Gasteiger partial charge < -0.3 is 10.6 Å². The minimum Gasteiger partial charge on any atom is -0.365 e. The number of benzene rings is 1. The molecule has 1 amide bonds. The van der Waals surface area contributed by atoms with Crippen molar-refractivity contribution in [2.75, 3.05) is 10.6 Å². The molecule has 2 heterocycles. The van der Waals surface area contributed by atoms with E-state index in [1.807, 2.05) is 36.4 Å². The lowest BCUT2D eigenvalue weighted by molar-refractivity contribution is 0.102. The summed E-state index contributed by atoms with van der Waals surface area (Å²) >= 11 is 0. The number of rotatable bonds is 6. The number of pyridine rings is 2. The van der Waals surface area contributed by atoms with Crippen LogP contribution in [0.15, 0.2) is 67.1 Å². The first-order valence-electron chi connectivity index (χ1n) is 10.8. The molecule has 0 aliphatic heterocycles. The van der Waals surface area contributed by atoms with Crippen LogP contribution in [0, 0.1) is 11.3 Å². The molecular weight excluding hydrogens is 470 g/mol. The topological polar surface area (TPSA) is 165 Å². The molecule has 2 aromatic heterocycles.